The molecule has 3 rings (SSSR count). The van der Waals surface area contributed by atoms with Gasteiger partial charge in [0.15, 0.2) is 6.61 Å². The van der Waals surface area contributed by atoms with Gasteiger partial charge >= 0.3 is 0 Å². The molecule has 0 unspecified atom stereocenters. The number of ether oxygens (including phenoxy) is 1. The first-order valence-corrected chi connectivity index (χ1v) is 11.5. The lowest BCUT2D eigenvalue weighted by molar-refractivity contribution is -0.134. The fraction of sp³-hybridized carbons (Fsp3) is 0.462. The fourth-order valence-corrected chi connectivity index (χ4v) is 3.78. The zero-order valence-electron chi connectivity index (χ0n) is 19.6. The van der Waals surface area contributed by atoms with Crippen molar-refractivity contribution in [3.8, 4) is 5.75 Å². The summed E-state index contributed by atoms with van der Waals surface area (Å²) >= 11 is 0. The molecule has 2 aromatic rings. The van der Waals surface area contributed by atoms with Gasteiger partial charge in [-0.3, -0.25) is 9.59 Å². The largest absolute Gasteiger partial charge is 0.484 e. The molecule has 0 radical (unpaired) electrons. The molecule has 1 N–H and O–H groups in total. The standard InChI is InChI=1S/C26H35N3O3/c1-5-20(4)21-6-12-24(13-7-21)32-18-25(30)27-22-8-10-23(11-9-22)28-14-16-29(17-15-28)26(31)19(2)3/h6-13,19-20H,5,14-18H2,1-4H3,(H,27,30)/t20-/m1/s1. The van der Waals surface area contributed by atoms with Gasteiger partial charge in [0.05, 0.1) is 0 Å². The van der Waals surface area contributed by atoms with Gasteiger partial charge in [-0.15, -0.1) is 0 Å². The Balaban J connectivity index is 1.45. The summed E-state index contributed by atoms with van der Waals surface area (Å²) in [7, 11) is 0. The first kappa shape index (κ1) is 23.6. The van der Waals surface area contributed by atoms with Crippen molar-refractivity contribution in [2.24, 2.45) is 5.92 Å². The Morgan fingerprint density at radius 3 is 2.12 bits per heavy atom. The van der Waals surface area contributed by atoms with Crippen LogP contribution in [0, 0.1) is 5.92 Å². The SMILES string of the molecule is CC[C@@H](C)c1ccc(OCC(=O)Nc2ccc(N3CCN(C(=O)C(C)C)CC3)cc2)cc1. The van der Waals surface area contributed by atoms with E-state index in [1.54, 1.807) is 0 Å². The highest BCUT2D eigenvalue weighted by molar-refractivity contribution is 5.92. The van der Waals surface area contributed by atoms with Crippen molar-refractivity contribution in [2.75, 3.05) is 43.0 Å². The summed E-state index contributed by atoms with van der Waals surface area (Å²) in [6.07, 6.45) is 1.09. The first-order chi connectivity index (χ1) is 15.4. The van der Waals surface area contributed by atoms with Crippen molar-refractivity contribution in [3.05, 3.63) is 54.1 Å². The molecule has 1 atom stereocenters. The monoisotopic (exact) mass is 437 g/mol. The third-order valence-electron chi connectivity index (χ3n) is 6.03. The van der Waals surface area contributed by atoms with E-state index in [-0.39, 0.29) is 24.3 Å². The molecule has 2 amide bonds. The molecule has 0 bridgehead atoms. The van der Waals surface area contributed by atoms with Crippen molar-refractivity contribution in [1.82, 2.24) is 4.90 Å². The molecule has 6 heteroatoms. The van der Waals surface area contributed by atoms with Crippen molar-refractivity contribution < 1.29 is 14.3 Å². The van der Waals surface area contributed by atoms with Gasteiger partial charge in [-0.05, 0) is 54.3 Å². The van der Waals surface area contributed by atoms with Crippen LogP contribution in [-0.4, -0.2) is 49.5 Å². The normalized spacial score (nSPS) is 14.9. The van der Waals surface area contributed by atoms with Gasteiger partial charge in [-0.1, -0.05) is 39.8 Å². The van der Waals surface area contributed by atoms with E-state index < -0.39 is 0 Å². The zero-order valence-corrected chi connectivity index (χ0v) is 19.6. The van der Waals surface area contributed by atoms with E-state index in [2.05, 4.69) is 36.2 Å². The maximum Gasteiger partial charge on any atom is 0.262 e. The number of nitrogens with one attached hydrogen (secondary N) is 1. The number of hydrogen-bond acceptors (Lipinski definition) is 4. The van der Waals surface area contributed by atoms with E-state index in [0.717, 1.165) is 44.0 Å². The van der Waals surface area contributed by atoms with Crippen LogP contribution in [0.25, 0.3) is 0 Å². The number of hydrogen-bond donors (Lipinski definition) is 1. The van der Waals surface area contributed by atoms with Crippen LogP contribution >= 0.6 is 0 Å². The lowest BCUT2D eigenvalue weighted by atomic mass is 9.99. The molecule has 6 nitrogen and oxygen atoms in total. The first-order valence-electron chi connectivity index (χ1n) is 11.5. The second kappa shape index (κ2) is 11.0. The second-order valence-electron chi connectivity index (χ2n) is 8.73. The van der Waals surface area contributed by atoms with Gasteiger partial charge < -0.3 is 19.9 Å². The van der Waals surface area contributed by atoms with E-state index in [9.17, 15) is 9.59 Å². The summed E-state index contributed by atoms with van der Waals surface area (Å²) in [6.45, 7) is 11.3. The van der Waals surface area contributed by atoms with Gasteiger partial charge in [0.1, 0.15) is 5.75 Å². The Bertz CT molecular complexity index is 886. The Morgan fingerprint density at radius 1 is 0.938 bits per heavy atom. The maximum atomic E-state index is 12.3. The summed E-state index contributed by atoms with van der Waals surface area (Å²) in [4.78, 5) is 28.6. The van der Waals surface area contributed by atoms with Crippen molar-refractivity contribution in [3.63, 3.8) is 0 Å². The van der Waals surface area contributed by atoms with Crippen LogP contribution in [0.2, 0.25) is 0 Å². The highest BCUT2D eigenvalue weighted by Crippen LogP contribution is 2.22. The fourth-order valence-electron chi connectivity index (χ4n) is 3.78. The molecule has 0 spiro atoms. The van der Waals surface area contributed by atoms with Crippen LogP contribution < -0.4 is 15.0 Å². The molecule has 2 aromatic carbocycles. The quantitative estimate of drug-likeness (QED) is 0.659. The molecule has 1 aliphatic heterocycles. The summed E-state index contributed by atoms with van der Waals surface area (Å²) < 4.78 is 5.62. The predicted octanol–water partition coefficient (Wildman–Crippen LogP) is 4.52. The number of carbonyl (C=O) groups excluding carboxylic acids is 2. The van der Waals surface area contributed by atoms with E-state index in [1.807, 2.05) is 55.1 Å². The average molecular weight is 438 g/mol. The van der Waals surface area contributed by atoms with Crippen LogP contribution in [0.15, 0.2) is 48.5 Å². The van der Waals surface area contributed by atoms with Gasteiger partial charge in [0.2, 0.25) is 5.91 Å². The van der Waals surface area contributed by atoms with E-state index in [0.29, 0.717) is 11.7 Å². The van der Waals surface area contributed by atoms with Crippen molar-refractivity contribution >= 4 is 23.2 Å². The molecule has 0 saturated carbocycles. The van der Waals surface area contributed by atoms with Crippen LogP contribution in [0.1, 0.15) is 45.6 Å². The Hall–Kier alpha value is -3.02. The lowest BCUT2D eigenvalue weighted by Gasteiger charge is -2.37. The molecule has 1 aliphatic rings. The third kappa shape index (κ3) is 6.25. The van der Waals surface area contributed by atoms with Gasteiger partial charge in [-0.25, -0.2) is 0 Å². The number of piperazine rings is 1. The number of carbonyl (C=O) groups is 2. The zero-order chi connectivity index (χ0) is 23.1. The van der Waals surface area contributed by atoms with Crippen LogP contribution in [-0.2, 0) is 9.59 Å². The molecular formula is C26H35N3O3. The molecule has 172 valence electrons. The molecule has 0 aliphatic carbocycles. The summed E-state index contributed by atoms with van der Waals surface area (Å²) in [5, 5.41) is 2.88. The Morgan fingerprint density at radius 2 is 1.56 bits per heavy atom. The van der Waals surface area contributed by atoms with Crippen LogP contribution in [0.3, 0.4) is 0 Å². The summed E-state index contributed by atoms with van der Waals surface area (Å²) in [5.41, 5.74) is 3.11. The highest BCUT2D eigenvalue weighted by atomic mass is 16.5. The van der Waals surface area contributed by atoms with E-state index in [1.165, 1.54) is 5.56 Å². The number of rotatable bonds is 8. The maximum absolute atomic E-state index is 12.3. The Kier molecular flexibility index (Phi) is 8.14. The van der Waals surface area contributed by atoms with Crippen molar-refractivity contribution in [1.29, 1.82) is 0 Å². The lowest BCUT2D eigenvalue weighted by Crippen LogP contribution is -2.49. The molecule has 1 heterocycles. The number of benzene rings is 2. The van der Waals surface area contributed by atoms with Crippen LogP contribution in [0.4, 0.5) is 11.4 Å². The predicted molar refractivity (Wildman–Crippen MR) is 129 cm³/mol. The molecule has 32 heavy (non-hydrogen) atoms. The molecule has 0 aromatic heterocycles. The number of amides is 2. The topological polar surface area (TPSA) is 61.9 Å². The van der Waals surface area contributed by atoms with Crippen molar-refractivity contribution in [2.45, 2.75) is 40.0 Å². The van der Waals surface area contributed by atoms with Gasteiger partial charge in [0, 0.05) is 43.5 Å². The average Bonchev–Trinajstić information content (AvgIpc) is 2.82. The van der Waals surface area contributed by atoms with Gasteiger partial charge in [-0.2, -0.15) is 0 Å². The number of nitrogens with zero attached hydrogens (tertiary/aromatic N) is 2. The minimum absolute atomic E-state index is 0.0315. The smallest absolute Gasteiger partial charge is 0.262 e. The van der Waals surface area contributed by atoms with Crippen LogP contribution in [0.5, 0.6) is 5.75 Å². The van der Waals surface area contributed by atoms with E-state index >= 15 is 0 Å². The third-order valence-corrected chi connectivity index (χ3v) is 6.03. The summed E-state index contributed by atoms with van der Waals surface area (Å²) in [6, 6.07) is 15.8. The summed E-state index contributed by atoms with van der Waals surface area (Å²) in [5.74, 6) is 1.28. The van der Waals surface area contributed by atoms with E-state index in [4.69, 9.17) is 4.74 Å². The number of anilines is 2. The second-order valence-corrected chi connectivity index (χ2v) is 8.73. The van der Waals surface area contributed by atoms with Gasteiger partial charge in [0.25, 0.3) is 5.91 Å². The minimum atomic E-state index is -0.190. The molecule has 1 fully saturated rings. The highest BCUT2D eigenvalue weighted by Gasteiger charge is 2.22. The molecular weight excluding hydrogens is 402 g/mol. The minimum Gasteiger partial charge on any atom is -0.484 e. The molecule has 1 saturated heterocycles. The Labute approximate surface area is 191 Å².